The zero-order valence-corrected chi connectivity index (χ0v) is 17.6. The summed E-state index contributed by atoms with van der Waals surface area (Å²) in [4.78, 5) is 31.7. The van der Waals surface area contributed by atoms with E-state index in [1.165, 1.54) is 0 Å². The van der Waals surface area contributed by atoms with Gasteiger partial charge in [-0.3, -0.25) is 9.79 Å². The molecule has 5 unspecified atom stereocenters. The fourth-order valence-corrected chi connectivity index (χ4v) is 8.00. The van der Waals surface area contributed by atoms with E-state index in [0.29, 0.717) is 31.3 Å². The summed E-state index contributed by atoms with van der Waals surface area (Å²) in [5.74, 6) is -0.380. The van der Waals surface area contributed by atoms with Crippen LogP contribution in [0.1, 0.15) is 57.8 Å². The summed E-state index contributed by atoms with van der Waals surface area (Å²) < 4.78 is 0. The number of hydrogen-bond acceptors (Lipinski definition) is 4. The third-order valence-corrected chi connectivity index (χ3v) is 9.09. The monoisotopic (exact) mass is 413 g/mol. The molecule has 162 valence electrons. The van der Waals surface area contributed by atoms with E-state index in [2.05, 4.69) is 11.1 Å². The van der Waals surface area contributed by atoms with E-state index in [9.17, 15) is 19.8 Å². The molecule has 5 atom stereocenters. The lowest BCUT2D eigenvalue weighted by molar-refractivity contribution is -0.146. The Morgan fingerprint density at radius 1 is 1.27 bits per heavy atom. The summed E-state index contributed by atoms with van der Waals surface area (Å²) in [5.41, 5.74) is 4.48. The Hall–Kier alpha value is -2.15. The number of carbonyl (C=O) groups excluding carboxylic acids is 1. The first-order valence-electron chi connectivity index (χ1n) is 11.2. The molecule has 3 saturated carbocycles. The summed E-state index contributed by atoms with van der Waals surface area (Å²) in [6, 6.07) is 0. The average Bonchev–Trinajstić information content (AvgIpc) is 3.07. The molecule has 0 aromatic heterocycles. The molecular formula is C23H31N3O4. The van der Waals surface area contributed by atoms with Crippen molar-refractivity contribution >= 4 is 17.7 Å². The number of Topliss-reactive ketones (excluding diaryl/α,β-unsaturated/α-hetero) is 1. The number of guanidine groups is 1. The molecule has 0 saturated heterocycles. The van der Waals surface area contributed by atoms with E-state index in [4.69, 9.17) is 5.73 Å². The van der Waals surface area contributed by atoms with E-state index in [-0.39, 0.29) is 35.5 Å². The number of hydrogen-bond donors (Lipinski definition) is 3. The lowest BCUT2D eigenvalue weighted by Crippen LogP contribution is -2.58. The quantitative estimate of drug-likeness (QED) is 0.448. The topological polar surface area (TPSA) is 116 Å². The molecule has 1 heterocycles. The summed E-state index contributed by atoms with van der Waals surface area (Å²) >= 11 is 0. The molecule has 30 heavy (non-hydrogen) atoms. The van der Waals surface area contributed by atoms with Gasteiger partial charge in [-0.05, 0) is 62.4 Å². The number of fused-ring (bicyclic) bond motifs is 1. The smallest absolute Gasteiger partial charge is 0.334 e. The molecule has 0 amide bonds. The number of nitrogens with zero attached hydrogens (tertiary/aromatic N) is 2. The highest BCUT2D eigenvalue weighted by Gasteiger charge is 2.74. The number of allylic oxidation sites excluding steroid dienone is 2. The minimum absolute atomic E-state index is 0.00130. The van der Waals surface area contributed by atoms with Gasteiger partial charge in [0.25, 0.3) is 0 Å². The summed E-state index contributed by atoms with van der Waals surface area (Å²) in [7, 11) is 1.67. The molecule has 3 bridgehead atoms. The van der Waals surface area contributed by atoms with Gasteiger partial charge in [-0.1, -0.05) is 12.5 Å². The molecule has 0 aromatic carbocycles. The first kappa shape index (κ1) is 19.8. The maximum Gasteiger partial charge on any atom is 0.334 e. The maximum absolute atomic E-state index is 13.1. The van der Waals surface area contributed by atoms with Crippen LogP contribution >= 0.6 is 0 Å². The van der Waals surface area contributed by atoms with E-state index in [1.807, 2.05) is 11.1 Å². The fourth-order valence-electron chi connectivity index (χ4n) is 8.00. The Kier molecular flexibility index (Phi) is 4.24. The first-order valence-corrected chi connectivity index (χ1v) is 11.2. The third-order valence-electron chi connectivity index (χ3n) is 9.09. The van der Waals surface area contributed by atoms with Crippen LogP contribution in [0, 0.1) is 22.7 Å². The van der Waals surface area contributed by atoms with E-state index in [0.717, 1.165) is 37.7 Å². The Bertz CT molecular complexity index is 908. The Balaban J connectivity index is 1.75. The van der Waals surface area contributed by atoms with Gasteiger partial charge in [-0.25, -0.2) is 4.79 Å². The molecule has 4 aliphatic carbocycles. The second-order valence-corrected chi connectivity index (χ2v) is 9.97. The predicted octanol–water partition coefficient (Wildman–Crippen LogP) is 2.21. The minimum Gasteiger partial charge on any atom is -0.478 e. The van der Waals surface area contributed by atoms with Crippen molar-refractivity contribution in [3.8, 4) is 0 Å². The van der Waals surface area contributed by atoms with Gasteiger partial charge in [-0.2, -0.15) is 0 Å². The van der Waals surface area contributed by atoms with Gasteiger partial charge >= 0.3 is 5.97 Å². The van der Waals surface area contributed by atoms with Crippen LogP contribution in [0.2, 0.25) is 0 Å². The molecule has 5 aliphatic rings. The van der Waals surface area contributed by atoms with Crippen LogP contribution < -0.4 is 5.73 Å². The van der Waals surface area contributed by atoms with Crippen molar-refractivity contribution in [3.63, 3.8) is 0 Å². The molecule has 5 rings (SSSR count). The fraction of sp³-hybridized carbons (Fsp3) is 0.696. The van der Waals surface area contributed by atoms with Crippen molar-refractivity contribution in [1.29, 1.82) is 0 Å². The van der Waals surface area contributed by atoms with Crippen molar-refractivity contribution in [2.75, 3.05) is 13.6 Å². The lowest BCUT2D eigenvalue weighted by atomic mass is 9.48. The van der Waals surface area contributed by atoms with Gasteiger partial charge in [0, 0.05) is 37.0 Å². The second kappa shape index (κ2) is 6.42. The molecular weight excluding hydrogens is 382 g/mol. The van der Waals surface area contributed by atoms with Crippen LogP contribution in [0.25, 0.3) is 0 Å². The number of carboxylic acids is 1. The van der Waals surface area contributed by atoms with Gasteiger partial charge in [0.1, 0.15) is 0 Å². The Labute approximate surface area is 176 Å². The molecule has 3 fully saturated rings. The van der Waals surface area contributed by atoms with Crippen molar-refractivity contribution in [2.24, 2.45) is 33.4 Å². The van der Waals surface area contributed by atoms with Gasteiger partial charge in [-0.15, -0.1) is 0 Å². The van der Waals surface area contributed by atoms with Crippen molar-refractivity contribution < 1.29 is 19.8 Å². The molecule has 7 heteroatoms. The number of carboxylic acid groups (broad SMARTS) is 1. The Morgan fingerprint density at radius 3 is 2.77 bits per heavy atom. The largest absolute Gasteiger partial charge is 0.478 e. The van der Waals surface area contributed by atoms with Gasteiger partial charge in [0.2, 0.25) is 0 Å². The highest BCUT2D eigenvalue weighted by atomic mass is 16.4. The van der Waals surface area contributed by atoms with E-state index in [1.54, 1.807) is 7.05 Å². The number of aliphatic carboxylic acids is 1. The molecule has 2 spiro atoms. The normalized spacial score (nSPS) is 43.1. The van der Waals surface area contributed by atoms with Gasteiger partial charge < -0.3 is 20.8 Å². The van der Waals surface area contributed by atoms with Crippen LogP contribution in [0.15, 0.2) is 28.4 Å². The van der Waals surface area contributed by atoms with Gasteiger partial charge in [0.05, 0.1) is 5.57 Å². The maximum atomic E-state index is 13.1. The van der Waals surface area contributed by atoms with Crippen molar-refractivity contribution in [3.05, 3.63) is 23.4 Å². The van der Waals surface area contributed by atoms with Crippen LogP contribution in [-0.2, 0) is 9.59 Å². The van der Waals surface area contributed by atoms with Crippen LogP contribution in [-0.4, -0.2) is 52.0 Å². The molecule has 4 N–H and O–H groups in total. The summed E-state index contributed by atoms with van der Waals surface area (Å²) in [6.45, 7) is 0.661. The van der Waals surface area contributed by atoms with Crippen molar-refractivity contribution in [1.82, 2.24) is 4.90 Å². The number of carbonyl (C=O) groups is 2. The molecule has 1 aliphatic heterocycles. The van der Waals surface area contributed by atoms with Crippen molar-refractivity contribution in [2.45, 2.75) is 63.4 Å². The Morgan fingerprint density at radius 2 is 2.03 bits per heavy atom. The second-order valence-electron chi connectivity index (χ2n) is 9.97. The number of ketones is 1. The first-order chi connectivity index (χ1) is 14.3. The van der Waals surface area contributed by atoms with E-state index >= 15 is 0 Å². The van der Waals surface area contributed by atoms with Gasteiger partial charge in [0.15, 0.2) is 17.3 Å². The molecule has 0 radical (unpaired) electrons. The van der Waals surface area contributed by atoms with Crippen LogP contribution in [0.4, 0.5) is 0 Å². The molecule has 7 nitrogen and oxygen atoms in total. The van der Waals surface area contributed by atoms with E-state index < -0.39 is 17.0 Å². The van der Waals surface area contributed by atoms with Crippen LogP contribution in [0.3, 0.4) is 0 Å². The highest BCUT2D eigenvalue weighted by molar-refractivity contribution is 6.04. The SMILES string of the molecule is CN=C(N)N1C=CCC2(C1)C1CCC3CCCCC(=O)C4(O)CC32C(=C4C(=O)O)C1. The average molecular weight is 414 g/mol. The third kappa shape index (κ3) is 2.22. The number of nitrogens with two attached hydrogens (primary N) is 1. The number of aliphatic imine (C=N–C) groups is 1. The minimum atomic E-state index is -1.87. The zero-order valence-electron chi connectivity index (χ0n) is 17.6. The predicted molar refractivity (Wildman–Crippen MR) is 111 cm³/mol. The standard InChI is InChI=1S/C23H31N3O4/c1-25-20(24)26-10-4-9-21(13-26)15-8-7-14-5-2-3-6-17(27)23(30)12-22(14,21)16(11-15)18(23)19(28)29/h4,10,14-15,30H,2-3,5-9,11-13H2,1H3,(H2,24,25)(H,28,29). The summed E-state index contributed by atoms with van der Waals surface area (Å²) in [5, 5.41) is 21.8. The number of rotatable bonds is 1. The van der Waals surface area contributed by atoms with Crippen LogP contribution in [0.5, 0.6) is 0 Å². The zero-order chi connectivity index (χ0) is 21.3. The number of aliphatic hydroxyl groups is 1. The summed E-state index contributed by atoms with van der Waals surface area (Å²) in [6.07, 6.45) is 10.8. The molecule has 0 aromatic rings. The lowest BCUT2D eigenvalue weighted by Gasteiger charge is -2.58. The highest BCUT2D eigenvalue weighted by Crippen LogP contribution is 2.77.